The fraction of sp³-hybridized carbons (Fsp3) is 0.571. The Hall–Kier alpha value is -0.570. The van der Waals surface area contributed by atoms with Gasteiger partial charge in [-0.25, -0.2) is 0 Å². The third-order valence-corrected chi connectivity index (χ3v) is 3.79. The zero-order valence-electron chi connectivity index (χ0n) is 11.1. The minimum Gasteiger partial charge on any atom is -0.386 e. The standard InChI is InChI=1S/C14H22ClNO/c1-5-16(6-2)14(3,4)13(17)11-9-7-8-10-12(11)15/h7-10,13,17H,5-6H2,1-4H3. The predicted octanol–water partition coefficient (Wildman–Crippen LogP) is 3.49. The van der Waals surface area contributed by atoms with Crippen molar-refractivity contribution in [3.63, 3.8) is 0 Å². The SMILES string of the molecule is CCN(CC)C(C)(C)C(O)c1ccccc1Cl. The molecule has 1 unspecified atom stereocenters. The van der Waals surface area contributed by atoms with E-state index in [-0.39, 0.29) is 5.54 Å². The largest absolute Gasteiger partial charge is 0.386 e. The van der Waals surface area contributed by atoms with Crippen LogP contribution in [0.15, 0.2) is 24.3 Å². The number of aliphatic hydroxyl groups excluding tert-OH is 1. The molecule has 0 amide bonds. The number of halogens is 1. The smallest absolute Gasteiger partial charge is 0.0982 e. The molecule has 0 aliphatic carbocycles. The first-order valence-electron chi connectivity index (χ1n) is 6.12. The quantitative estimate of drug-likeness (QED) is 0.871. The molecule has 1 aromatic rings. The van der Waals surface area contributed by atoms with Crippen molar-refractivity contribution in [2.24, 2.45) is 0 Å². The van der Waals surface area contributed by atoms with Gasteiger partial charge in [0.05, 0.1) is 6.10 Å². The second-order valence-corrected chi connectivity index (χ2v) is 5.16. The summed E-state index contributed by atoms with van der Waals surface area (Å²) in [6.07, 6.45) is -0.587. The Bertz CT molecular complexity index is 361. The summed E-state index contributed by atoms with van der Waals surface area (Å²) >= 11 is 6.14. The first kappa shape index (κ1) is 14.5. The maximum Gasteiger partial charge on any atom is 0.0982 e. The fourth-order valence-electron chi connectivity index (χ4n) is 2.29. The van der Waals surface area contributed by atoms with Gasteiger partial charge >= 0.3 is 0 Å². The van der Waals surface area contributed by atoms with E-state index >= 15 is 0 Å². The molecule has 0 aliphatic heterocycles. The van der Waals surface area contributed by atoms with Crippen molar-refractivity contribution in [1.29, 1.82) is 0 Å². The van der Waals surface area contributed by atoms with Gasteiger partial charge in [0.2, 0.25) is 0 Å². The molecule has 1 atom stereocenters. The van der Waals surface area contributed by atoms with Crippen molar-refractivity contribution in [3.05, 3.63) is 34.9 Å². The third kappa shape index (κ3) is 3.01. The lowest BCUT2D eigenvalue weighted by molar-refractivity contribution is -0.00620. The number of hydrogen-bond donors (Lipinski definition) is 1. The average Bonchev–Trinajstić information content (AvgIpc) is 2.30. The average molecular weight is 256 g/mol. The second kappa shape index (κ2) is 5.85. The maximum absolute atomic E-state index is 10.5. The van der Waals surface area contributed by atoms with Gasteiger partial charge in [0.25, 0.3) is 0 Å². The first-order chi connectivity index (χ1) is 7.95. The van der Waals surface area contributed by atoms with Crippen molar-refractivity contribution >= 4 is 11.6 Å². The van der Waals surface area contributed by atoms with E-state index in [1.807, 2.05) is 38.1 Å². The van der Waals surface area contributed by atoms with Crippen LogP contribution in [0.25, 0.3) is 0 Å². The highest BCUT2D eigenvalue weighted by atomic mass is 35.5. The van der Waals surface area contributed by atoms with Crippen LogP contribution in [0.3, 0.4) is 0 Å². The lowest BCUT2D eigenvalue weighted by atomic mass is 9.89. The van der Waals surface area contributed by atoms with Crippen LogP contribution in [0.2, 0.25) is 5.02 Å². The van der Waals surface area contributed by atoms with Crippen molar-refractivity contribution < 1.29 is 5.11 Å². The second-order valence-electron chi connectivity index (χ2n) is 4.75. The Labute approximate surface area is 109 Å². The van der Waals surface area contributed by atoms with Gasteiger partial charge in [-0.3, -0.25) is 4.90 Å². The molecule has 1 aromatic carbocycles. The van der Waals surface area contributed by atoms with Crippen LogP contribution in [-0.4, -0.2) is 28.6 Å². The predicted molar refractivity (Wildman–Crippen MR) is 73.4 cm³/mol. The molecule has 0 saturated heterocycles. The molecular formula is C14H22ClNO. The molecular weight excluding hydrogens is 234 g/mol. The van der Waals surface area contributed by atoms with Crippen molar-refractivity contribution in [2.45, 2.75) is 39.3 Å². The maximum atomic E-state index is 10.5. The van der Waals surface area contributed by atoms with E-state index in [2.05, 4.69) is 18.7 Å². The minimum atomic E-state index is -0.587. The highest BCUT2D eigenvalue weighted by Crippen LogP contribution is 2.34. The Morgan fingerprint density at radius 2 is 1.76 bits per heavy atom. The number of aliphatic hydroxyl groups is 1. The van der Waals surface area contributed by atoms with Crippen LogP contribution in [0.4, 0.5) is 0 Å². The van der Waals surface area contributed by atoms with Gasteiger partial charge < -0.3 is 5.11 Å². The molecule has 1 N–H and O–H groups in total. The molecule has 0 saturated carbocycles. The van der Waals surface area contributed by atoms with Crippen LogP contribution in [-0.2, 0) is 0 Å². The first-order valence-corrected chi connectivity index (χ1v) is 6.50. The van der Waals surface area contributed by atoms with E-state index in [4.69, 9.17) is 11.6 Å². The fourth-order valence-corrected chi connectivity index (χ4v) is 2.53. The summed E-state index contributed by atoms with van der Waals surface area (Å²) in [4.78, 5) is 2.24. The number of benzene rings is 1. The van der Waals surface area contributed by atoms with Gasteiger partial charge in [-0.2, -0.15) is 0 Å². The summed E-state index contributed by atoms with van der Waals surface area (Å²) < 4.78 is 0. The van der Waals surface area contributed by atoms with E-state index < -0.39 is 6.10 Å². The molecule has 17 heavy (non-hydrogen) atoms. The van der Waals surface area contributed by atoms with Crippen molar-refractivity contribution in [2.75, 3.05) is 13.1 Å². The molecule has 0 heterocycles. The lowest BCUT2D eigenvalue weighted by Gasteiger charge is -2.41. The van der Waals surface area contributed by atoms with Gasteiger partial charge in [0.1, 0.15) is 0 Å². The Morgan fingerprint density at radius 3 is 2.24 bits per heavy atom. The van der Waals surface area contributed by atoms with Crippen LogP contribution in [0, 0.1) is 0 Å². The Morgan fingerprint density at radius 1 is 1.24 bits per heavy atom. The number of rotatable bonds is 5. The van der Waals surface area contributed by atoms with Gasteiger partial charge in [0, 0.05) is 16.1 Å². The van der Waals surface area contributed by atoms with Crippen LogP contribution >= 0.6 is 11.6 Å². The minimum absolute atomic E-state index is 0.325. The Balaban J connectivity index is 3.03. The van der Waals surface area contributed by atoms with Crippen LogP contribution in [0.1, 0.15) is 39.4 Å². The summed E-state index contributed by atoms with van der Waals surface area (Å²) in [5.74, 6) is 0. The summed E-state index contributed by atoms with van der Waals surface area (Å²) in [6.45, 7) is 10.1. The zero-order chi connectivity index (χ0) is 13.1. The van der Waals surface area contributed by atoms with E-state index in [1.54, 1.807) is 0 Å². The summed E-state index contributed by atoms with van der Waals surface area (Å²) in [5, 5.41) is 11.2. The molecule has 2 nitrogen and oxygen atoms in total. The van der Waals surface area contributed by atoms with Crippen LogP contribution < -0.4 is 0 Å². The van der Waals surface area contributed by atoms with Crippen molar-refractivity contribution in [3.8, 4) is 0 Å². The molecule has 3 heteroatoms. The molecule has 0 fully saturated rings. The highest BCUT2D eigenvalue weighted by molar-refractivity contribution is 6.31. The molecule has 0 radical (unpaired) electrons. The summed E-state index contributed by atoms with van der Waals surface area (Å²) in [6, 6.07) is 7.49. The highest BCUT2D eigenvalue weighted by Gasteiger charge is 2.34. The summed E-state index contributed by atoms with van der Waals surface area (Å²) in [7, 11) is 0. The van der Waals surface area contributed by atoms with E-state index in [0.29, 0.717) is 5.02 Å². The van der Waals surface area contributed by atoms with Gasteiger partial charge in [0.15, 0.2) is 0 Å². The lowest BCUT2D eigenvalue weighted by Crippen LogP contribution is -2.48. The zero-order valence-corrected chi connectivity index (χ0v) is 11.8. The molecule has 0 bridgehead atoms. The molecule has 96 valence electrons. The van der Waals surface area contributed by atoms with Gasteiger partial charge in [-0.15, -0.1) is 0 Å². The van der Waals surface area contributed by atoms with Crippen LogP contribution in [0.5, 0.6) is 0 Å². The van der Waals surface area contributed by atoms with E-state index in [1.165, 1.54) is 0 Å². The molecule has 0 aromatic heterocycles. The number of likely N-dealkylation sites (N-methyl/N-ethyl adjacent to an activating group) is 1. The molecule has 1 rings (SSSR count). The molecule has 0 spiro atoms. The number of hydrogen-bond acceptors (Lipinski definition) is 2. The third-order valence-electron chi connectivity index (χ3n) is 3.45. The topological polar surface area (TPSA) is 23.5 Å². The molecule has 0 aliphatic rings. The van der Waals surface area contributed by atoms with E-state index in [0.717, 1.165) is 18.7 Å². The van der Waals surface area contributed by atoms with Gasteiger partial charge in [-0.05, 0) is 33.0 Å². The number of nitrogens with zero attached hydrogens (tertiary/aromatic N) is 1. The Kier molecular flexibility index (Phi) is 4.99. The van der Waals surface area contributed by atoms with Crippen molar-refractivity contribution in [1.82, 2.24) is 4.90 Å². The normalized spacial score (nSPS) is 14.1. The monoisotopic (exact) mass is 255 g/mol. The summed E-state index contributed by atoms with van der Waals surface area (Å²) in [5.41, 5.74) is 0.472. The van der Waals surface area contributed by atoms with Gasteiger partial charge in [-0.1, -0.05) is 43.6 Å². The van der Waals surface area contributed by atoms with E-state index in [9.17, 15) is 5.11 Å².